The zero-order chi connectivity index (χ0) is 23.4. The van der Waals surface area contributed by atoms with Crippen molar-refractivity contribution in [1.29, 1.82) is 0 Å². The van der Waals surface area contributed by atoms with Crippen LogP contribution in [-0.2, 0) is 18.9 Å². The van der Waals surface area contributed by atoms with Crippen molar-refractivity contribution < 1.29 is 18.9 Å². The predicted molar refractivity (Wildman–Crippen MR) is 131 cm³/mol. The Labute approximate surface area is 186 Å². The van der Waals surface area contributed by atoms with E-state index >= 15 is 0 Å². The second-order valence-corrected chi connectivity index (χ2v) is 18.2. The van der Waals surface area contributed by atoms with E-state index in [-0.39, 0.29) is 22.4 Å². The van der Waals surface area contributed by atoms with E-state index in [1.807, 2.05) is 0 Å². The van der Waals surface area contributed by atoms with Gasteiger partial charge in [0.1, 0.15) is 10.8 Å². The molecule has 0 bridgehead atoms. The van der Waals surface area contributed by atoms with E-state index in [1.165, 1.54) is 5.67 Å². The first-order valence-corrected chi connectivity index (χ1v) is 14.9. The standard InChI is InChI=1S/C23H52O4Si2/c1-15-22(24-18(3,4)5,25-19(6,7)8)28-17-29-23(16-2,26-20(9,10)11)27-21(12,13)14/h15-17,28-29H2,1-14H3. The smallest absolute Gasteiger partial charge is 0.145 e. The largest absolute Gasteiger partial charge is 0.349 e. The minimum absolute atomic E-state index is 0.235. The summed E-state index contributed by atoms with van der Waals surface area (Å²) in [4.78, 5) is 0. The molecule has 0 aliphatic carbocycles. The molecule has 0 aromatic carbocycles. The van der Waals surface area contributed by atoms with Crippen molar-refractivity contribution in [2.45, 2.75) is 149 Å². The molecule has 4 nitrogen and oxygen atoms in total. The molecule has 0 fully saturated rings. The van der Waals surface area contributed by atoms with E-state index in [1.54, 1.807) is 0 Å². The lowest BCUT2D eigenvalue weighted by Gasteiger charge is -2.45. The van der Waals surface area contributed by atoms with Gasteiger partial charge in [-0.25, -0.2) is 0 Å². The summed E-state index contributed by atoms with van der Waals surface area (Å²) in [6.07, 6.45) is 1.75. The lowest BCUT2D eigenvalue weighted by atomic mass is 10.1. The summed E-state index contributed by atoms with van der Waals surface area (Å²) in [5, 5.41) is 0. The molecule has 29 heavy (non-hydrogen) atoms. The molecule has 0 atom stereocenters. The van der Waals surface area contributed by atoms with E-state index in [9.17, 15) is 0 Å². The van der Waals surface area contributed by atoms with Crippen molar-refractivity contribution in [3.05, 3.63) is 0 Å². The van der Waals surface area contributed by atoms with Crippen LogP contribution in [0.4, 0.5) is 0 Å². The van der Waals surface area contributed by atoms with Gasteiger partial charge in [-0.05, 0) is 95.9 Å². The van der Waals surface area contributed by atoms with Gasteiger partial charge in [-0.3, -0.25) is 0 Å². The van der Waals surface area contributed by atoms with Gasteiger partial charge in [0.05, 0.1) is 41.4 Å². The summed E-state index contributed by atoms with van der Waals surface area (Å²) < 4.78 is 26.3. The number of hydrogen-bond donors (Lipinski definition) is 0. The summed E-state index contributed by atoms with van der Waals surface area (Å²) in [6, 6.07) is 0. The molecule has 0 aliphatic rings. The van der Waals surface area contributed by atoms with E-state index in [0.717, 1.165) is 12.8 Å². The third-order valence-corrected chi connectivity index (χ3v) is 10.1. The van der Waals surface area contributed by atoms with Crippen LogP contribution in [0.3, 0.4) is 0 Å². The maximum absolute atomic E-state index is 6.58. The first kappa shape index (κ1) is 29.3. The van der Waals surface area contributed by atoms with Gasteiger partial charge in [0.2, 0.25) is 0 Å². The summed E-state index contributed by atoms with van der Waals surface area (Å²) in [5.41, 5.74) is -0.676. The molecule has 0 N–H and O–H groups in total. The molecule has 0 amide bonds. The zero-order valence-electron chi connectivity index (χ0n) is 22.2. The Morgan fingerprint density at radius 3 is 0.793 bits per heavy atom. The van der Waals surface area contributed by atoms with Crippen molar-refractivity contribution in [3.8, 4) is 0 Å². The third kappa shape index (κ3) is 13.3. The minimum atomic E-state index is -0.679. The fourth-order valence-corrected chi connectivity index (χ4v) is 11.6. The Balaban J connectivity index is 5.60. The van der Waals surface area contributed by atoms with Crippen LogP contribution in [0.1, 0.15) is 110 Å². The average molecular weight is 449 g/mol. The third-order valence-electron chi connectivity index (χ3n) is 4.16. The molecule has 0 aromatic rings. The van der Waals surface area contributed by atoms with Crippen LogP contribution in [0.25, 0.3) is 0 Å². The highest BCUT2D eigenvalue weighted by Gasteiger charge is 2.42. The van der Waals surface area contributed by atoms with Gasteiger partial charge in [-0.15, -0.1) is 0 Å². The minimum Gasteiger partial charge on any atom is -0.349 e. The SMILES string of the molecule is CCC(OC(C)(C)C)(OC(C)(C)C)[SiH2]C[SiH2]C(CC)(OC(C)(C)C)OC(C)(C)C. The predicted octanol–water partition coefficient (Wildman–Crippen LogP) is 5.09. The van der Waals surface area contributed by atoms with E-state index in [0.29, 0.717) is 0 Å². The number of hydrogen-bond acceptors (Lipinski definition) is 4. The van der Waals surface area contributed by atoms with Gasteiger partial charge in [0.15, 0.2) is 0 Å². The Morgan fingerprint density at radius 1 is 0.448 bits per heavy atom. The van der Waals surface area contributed by atoms with Crippen molar-refractivity contribution >= 4 is 19.0 Å². The molecule has 6 heteroatoms. The first-order valence-electron chi connectivity index (χ1n) is 11.5. The van der Waals surface area contributed by atoms with Crippen LogP contribution in [0.15, 0.2) is 0 Å². The van der Waals surface area contributed by atoms with Crippen molar-refractivity contribution in [1.82, 2.24) is 0 Å². The van der Waals surface area contributed by atoms with E-state index in [2.05, 4.69) is 96.9 Å². The van der Waals surface area contributed by atoms with Crippen molar-refractivity contribution in [3.63, 3.8) is 0 Å². The topological polar surface area (TPSA) is 36.9 Å². The lowest BCUT2D eigenvalue weighted by molar-refractivity contribution is -0.267. The van der Waals surface area contributed by atoms with Crippen LogP contribution < -0.4 is 0 Å². The molecular formula is C23H52O4Si2. The van der Waals surface area contributed by atoms with Crippen molar-refractivity contribution in [2.24, 2.45) is 0 Å². The number of ether oxygens (including phenoxy) is 4. The zero-order valence-corrected chi connectivity index (χ0v) is 25.0. The van der Waals surface area contributed by atoms with E-state index < -0.39 is 29.9 Å². The molecule has 0 saturated heterocycles. The van der Waals surface area contributed by atoms with Gasteiger partial charge in [0, 0.05) is 0 Å². The van der Waals surface area contributed by atoms with Crippen LogP contribution in [0.5, 0.6) is 0 Å². The van der Waals surface area contributed by atoms with Crippen LogP contribution in [0.2, 0.25) is 5.67 Å². The molecule has 0 saturated carbocycles. The van der Waals surface area contributed by atoms with Crippen LogP contribution in [-0.4, -0.2) is 52.3 Å². The molecular weight excluding hydrogens is 396 g/mol. The second kappa shape index (κ2) is 10.3. The Bertz CT molecular complexity index is 403. The first-order chi connectivity index (χ1) is 12.7. The van der Waals surface area contributed by atoms with Crippen molar-refractivity contribution in [2.75, 3.05) is 0 Å². The maximum Gasteiger partial charge on any atom is 0.145 e. The molecule has 0 aromatic heterocycles. The van der Waals surface area contributed by atoms with Gasteiger partial charge < -0.3 is 18.9 Å². The monoisotopic (exact) mass is 448 g/mol. The Kier molecular flexibility index (Phi) is 10.4. The molecule has 176 valence electrons. The molecule has 0 radical (unpaired) electrons. The summed E-state index contributed by atoms with van der Waals surface area (Å²) in [7, 11) is -1.36. The Hall–Kier alpha value is 0.274. The van der Waals surface area contributed by atoms with Gasteiger partial charge >= 0.3 is 0 Å². The van der Waals surface area contributed by atoms with Crippen LogP contribution >= 0.6 is 0 Å². The fourth-order valence-electron chi connectivity index (χ4n) is 3.75. The van der Waals surface area contributed by atoms with Crippen LogP contribution in [0, 0.1) is 0 Å². The molecule has 0 spiro atoms. The maximum atomic E-state index is 6.58. The Morgan fingerprint density at radius 2 is 0.655 bits per heavy atom. The van der Waals surface area contributed by atoms with E-state index in [4.69, 9.17) is 18.9 Å². The summed E-state index contributed by atoms with van der Waals surface area (Å²) >= 11 is 0. The van der Waals surface area contributed by atoms with Gasteiger partial charge in [-0.1, -0.05) is 19.5 Å². The highest BCUT2D eigenvalue weighted by molar-refractivity contribution is 6.58. The quantitative estimate of drug-likeness (QED) is 0.345. The normalized spacial score (nSPS) is 15.9. The fraction of sp³-hybridized carbons (Fsp3) is 1.00. The highest BCUT2D eigenvalue weighted by atomic mass is 28.3. The highest BCUT2D eigenvalue weighted by Crippen LogP contribution is 2.33. The molecule has 0 rings (SSSR count). The summed E-state index contributed by atoms with van der Waals surface area (Å²) in [5.74, 6) is 0. The average Bonchev–Trinajstić information content (AvgIpc) is 2.39. The van der Waals surface area contributed by atoms with Gasteiger partial charge in [-0.2, -0.15) is 0 Å². The lowest BCUT2D eigenvalue weighted by Crippen LogP contribution is -2.54. The van der Waals surface area contributed by atoms with Gasteiger partial charge in [0.25, 0.3) is 0 Å². The summed E-state index contributed by atoms with van der Waals surface area (Å²) in [6.45, 7) is 29.8. The molecule has 0 aliphatic heterocycles. The second-order valence-electron chi connectivity index (χ2n) is 12.2. The molecule has 0 heterocycles. The number of rotatable bonds is 10. The molecule has 0 unspecified atom stereocenters.